The van der Waals surface area contributed by atoms with Crippen molar-refractivity contribution in [2.75, 3.05) is 6.54 Å². The van der Waals surface area contributed by atoms with E-state index in [0.717, 1.165) is 17.8 Å². The molecule has 1 aliphatic rings. The third-order valence-corrected chi connectivity index (χ3v) is 3.63. The lowest BCUT2D eigenvalue weighted by molar-refractivity contribution is -0.141. The van der Waals surface area contributed by atoms with Crippen molar-refractivity contribution in [1.29, 1.82) is 0 Å². The Bertz CT molecular complexity index is 620. The molecule has 2 aromatic rings. The maximum Gasteiger partial charge on any atom is 0.436 e. The van der Waals surface area contributed by atoms with E-state index in [1.807, 2.05) is 0 Å². The molecule has 0 saturated carbocycles. The van der Waals surface area contributed by atoms with Gasteiger partial charge in [0, 0.05) is 31.3 Å². The third-order valence-electron chi connectivity index (χ3n) is 2.90. The van der Waals surface area contributed by atoms with Gasteiger partial charge in [-0.25, -0.2) is 9.50 Å². The second kappa shape index (κ2) is 3.92. The third kappa shape index (κ3) is 1.71. The van der Waals surface area contributed by atoms with Crippen LogP contribution >= 0.6 is 15.9 Å². The molecule has 0 bridgehead atoms. The molecule has 3 heterocycles. The molecule has 0 aromatic carbocycles. The number of nitrogens with one attached hydrogen (secondary N) is 1. The number of hydrogen-bond acceptors (Lipinski definition) is 3. The van der Waals surface area contributed by atoms with Crippen LogP contribution in [-0.2, 0) is 19.1 Å². The zero-order chi connectivity index (χ0) is 12.9. The predicted molar refractivity (Wildman–Crippen MR) is 61.1 cm³/mol. The predicted octanol–water partition coefficient (Wildman–Crippen LogP) is 2.16. The molecule has 8 heteroatoms. The minimum atomic E-state index is -4.48. The van der Waals surface area contributed by atoms with Crippen molar-refractivity contribution in [2.24, 2.45) is 0 Å². The summed E-state index contributed by atoms with van der Waals surface area (Å²) in [6, 6.07) is 0. The summed E-state index contributed by atoms with van der Waals surface area (Å²) in [4.78, 5) is 4.04. The number of halogens is 4. The normalized spacial score (nSPS) is 16.0. The highest BCUT2D eigenvalue weighted by atomic mass is 79.9. The molecule has 3 rings (SSSR count). The lowest BCUT2D eigenvalue weighted by Crippen LogP contribution is -2.26. The van der Waals surface area contributed by atoms with Crippen LogP contribution in [0.5, 0.6) is 0 Å². The van der Waals surface area contributed by atoms with Crippen LogP contribution in [0.2, 0.25) is 0 Å². The van der Waals surface area contributed by atoms with Crippen molar-refractivity contribution in [3.05, 3.63) is 27.6 Å². The second-order valence-electron chi connectivity index (χ2n) is 4.05. The summed E-state index contributed by atoms with van der Waals surface area (Å²) >= 11 is 2.93. The molecule has 18 heavy (non-hydrogen) atoms. The molecule has 4 nitrogen and oxygen atoms in total. The molecule has 0 amide bonds. The molecule has 0 unspecified atom stereocenters. The number of fused-ring (bicyclic) bond motifs is 3. The Balaban J connectivity index is 2.30. The summed E-state index contributed by atoms with van der Waals surface area (Å²) in [7, 11) is 0. The minimum absolute atomic E-state index is 0.101. The van der Waals surface area contributed by atoms with E-state index >= 15 is 0 Å². The van der Waals surface area contributed by atoms with Gasteiger partial charge in [0.05, 0.1) is 10.2 Å². The van der Waals surface area contributed by atoms with Crippen molar-refractivity contribution >= 4 is 21.6 Å². The molecule has 0 fully saturated rings. The summed E-state index contributed by atoms with van der Waals surface area (Å²) in [6.45, 7) is 1.34. The average Bonchev–Trinajstić information content (AvgIpc) is 2.67. The molecule has 0 radical (unpaired) electrons. The highest BCUT2D eigenvalue weighted by Gasteiger charge is 2.38. The number of nitrogens with zero attached hydrogens (tertiary/aromatic N) is 3. The van der Waals surface area contributed by atoms with Gasteiger partial charge in [-0.2, -0.15) is 18.3 Å². The van der Waals surface area contributed by atoms with Crippen LogP contribution in [0.3, 0.4) is 0 Å². The van der Waals surface area contributed by atoms with Gasteiger partial charge in [-0.3, -0.25) is 0 Å². The maximum atomic E-state index is 12.8. The SMILES string of the molecule is FC(F)(F)c1nn2c3c(cnc2c1Br)CNCC3. The molecule has 96 valence electrons. The topological polar surface area (TPSA) is 42.2 Å². The van der Waals surface area contributed by atoms with Crippen molar-refractivity contribution in [2.45, 2.75) is 19.1 Å². The van der Waals surface area contributed by atoms with Crippen LogP contribution in [-0.4, -0.2) is 21.1 Å². The van der Waals surface area contributed by atoms with Crippen LogP contribution in [0, 0.1) is 0 Å². The lowest BCUT2D eigenvalue weighted by Gasteiger charge is -2.16. The maximum absolute atomic E-state index is 12.8. The average molecular weight is 321 g/mol. The first-order valence-electron chi connectivity index (χ1n) is 5.31. The van der Waals surface area contributed by atoms with E-state index in [-0.39, 0.29) is 10.1 Å². The van der Waals surface area contributed by atoms with E-state index in [4.69, 9.17) is 0 Å². The Morgan fingerprint density at radius 2 is 2.17 bits per heavy atom. The monoisotopic (exact) mass is 320 g/mol. The Morgan fingerprint density at radius 1 is 1.39 bits per heavy atom. The van der Waals surface area contributed by atoms with Gasteiger partial charge in [-0.05, 0) is 15.9 Å². The molecule has 0 saturated heterocycles. The van der Waals surface area contributed by atoms with E-state index in [0.29, 0.717) is 13.0 Å². The standard InChI is InChI=1S/C10H8BrF3N4/c11-7-8(10(12,13)14)17-18-6-1-2-15-3-5(6)4-16-9(7)18/h4,15H,1-3H2. The number of aromatic nitrogens is 3. The van der Waals surface area contributed by atoms with Crippen LogP contribution in [0.25, 0.3) is 5.65 Å². The van der Waals surface area contributed by atoms with Gasteiger partial charge < -0.3 is 5.32 Å². The summed E-state index contributed by atoms with van der Waals surface area (Å²) in [5, 5.41) is 6.79. The van der Waals surface area contributed by atoms with Gasteiger partial charge in [0.1, 0.15) is 0 Å². The molecule has 0 atom stereocenters. The Kier molecular flexibility index (Phi) is 2.60. The van der Waals surface area contributed by atoms with Crippen molar-refractivity contribution in [3.63, 3.8) is 0 Å². The van der Waals surface area contributed by atoms with Gasteiger partial charge >= 0.3 is 6.18 Å². The minimum Gasteiger partial charge on any atom is -0.312 e. The van der Waals surface area contributed by atoms with Gasteiger partial charge in [-0.15, -0.1) is 0 Å². The van der Waals surface area contributed by atoms with Crippen molar-refractivity contribution in [3.8, 4) is 0 Å². The van der Waals surface area contributed by atoms with E-state index in [1.165, 1.54) is 4.52 Å². The fraction of sp³-hybridized carbons (Fsp3) is 0.400. The van der Waals surface area contributed by atoms with E-state index in [9.17, 15) is 13.2 Å². The molecular weight excluding hydrogens is 313 g/mol. The largest absolute Gasteiger partial charge is 0.436 e. The Hall–Kier alpha value is -1.15. The summed E-state index contributed by atoms with van der Waals surface area (Å²) in [5.41, 5.74) is 0.956. The first kappa shape index (κ1) is 11.9. The fourth-order valence-corrected chi connectivity index (χ4v) is 2.64. The highest BCUT2D eigenvalue weighted by molar-refractivity contribution is 9.10. The Labute approximate surface area is 108 Å². The van der Waals surface area contributed by atoms with E-state index in [2.05, 4.69) is 31.3 Å². The molecule has 2 aromatic heterocycles. The van der Waals surface area contributed by atoms with Crippen LogP contribution in [0.15, 0.2) is 10.7 Å². The van der Waals surface area contributed by atoms with E-state index < -0.39 is 11.9 Å². The molecule has 1 N–H and O–H groups in total. The zero-order valence-electron chi connectivity index (χ0n) is 9.05. The number of hydrogen-bond donors (Lipinski definition) is 1. The number of rotatable bonds is 0. The van der Waals surface area contributed by atoms with Crippen molar-refractivity contribution in [1.82, 2.24) is 19.9 Å². The quantitative estimate of drug-likeness (QED) is 0.809. The molecular formula is C10H8BrF3N4. The van der Waals surface area contributed by atoms with Crippen LogP contribution < -0.4 is 5.32 Å². The fourth-order valence-electron chi connectivity index (χ4n) is 2.06. The van der Waals surface area contributed by atoms with Crippen molar-refractivity contribution < 1.29 is 13.2 Å². The number of alkyl halides is 3. The molecule has 0 aliphatic carbocycles. The zero-order valence-corrected chi connectivity index (χ0v) is 10.6. The van der Waals surface area contributed by atoms with Gasteiger partial charge in [-0.1, -0.05) is 0 Å². The lowest BCUT2D eigenvalue weighted by atomic mass is 10.1. The molecule has 1 aliphatic heterocycles. The Morgan fingerprint density at radius 3 is 2.89 bits per heavy atom. The first-order chi connectivity index (χ1) is 8.48. The van der Waals surface area contributed by atoms with E-state index in [1.54, 1.807) is 6.20 Å². The van der Waals surface area contributed by atoms with Gasteiger partial charge in [0.15, 0.2) is 11.3 Å². The summed E-state index contributed by atoms with van der Waals surface area (Å²) < 4.78 is 39.5. The van der Waals surface area contributed by atoms with Gasteiger partial charge in [0.2, 0.25) is 0 Å². The smallest absolute Gasteiger partial charge is 0.312 e. The summed E-state index contributed by atoms with van der Waals surface area (Å²) in [5.74, 6) is 0. The van der Waals surface area contributed by atoms with Crippen LogP contribution in [0.4, 0.5) is 13.2 Å². The summed E-state index contributed by atoms with van der Waals surface area (Å²) in [6.07, 6.45) is -2.24. The second-order valence-corrected chi connectivity index (χ2v) is 4.85. The molecule has 0 spiro atoms. The highest BCUT2D eigenvalue weighted by Crippen LogP contribution is 2.36. The van der Waals surface area contributed by atoms with Gasteiger partial charge in [0.25, 0.3) is 0 Å². The first-order valence-corrected chi connectivity index (χ1v) is 6.10. The van der Waals surface area contributed by atoms with Crippen LogP contribution in [0.1, 0.15) is 17.0 Å².